The molecule has 2 aliphatic rings. The molecule has 0 aromatic carbocycles. The monoisotopic (exact) mass is 394 g/mol. The molecule has 5 heteroatoms. The van der Waals surface area contributed by atoms with E-state index < -0.39 is 8.32 Å². The van der Waals surface area contributed by atoms with Gasteiger partial charge in [-0.1, -0.05) is 46.2 Å². The number of halogens is 1. The van der Waals surface area contributed by atoms with Crippen LogP contribution in [0.3, 0.4) is 0 Å². The Labute approximate surface area is 165 Å². The van der Waals surface area contributed by atoms with Crippen LogP contribution in [0, 0.1) is 23.2 Å². The van der Waals surface area contributed by atoms with Crippen LogP contribution in [-0.2, 0) is 4.43 Å². The van der Waals surface area contributed by atoms with Crippen molar-refractivity contribution in [2.75, 3.05) is 0 Å². The third-order valence-corrected chi connectivity index (χ3v) is 12.6. The molecule has 3 nitrogen and oxygen atoms in total. The number of rotatable bonds is 9. The molecule has 2 unspecified atom stereocenters. The van der Waals surface area contributed by atoms with Gasteiger partial charge >= 0.3 is 0 Å². The predicted molar refractivity (Wildman–Crippen MR) is 111 cm³/mol. The van der Waals surface area contributed by atoms with Crippen molar-refractivity contribution in [3.05, 3.63) is 23.2 Å². The van der Waals surface area contributed by atoms with Crippen molar-refractivity contribution in [1.29, 1.82) is 0 Å². The first-order valence-corrected chi connectivity index (χ1v) is 13.4. The smallest absolute Gasteiger partial charge is 0.192 e. The Kier molecular flexibility index (Phi) is 6.15. The molecule has 0 N–H and O–H groups in total. The largest absolute Gasteiger partial charge is 0.408 e. The van der Waals surface area contributed by atoms with Crippen molar-refractivity contribution >= 4 is 19.9 Å². The van der Waals surface area contributed by atoms with Crippen molar-refractivity contribution < 1.29 is 4.43 Å². The highest BCUT2D eigenvalue weighted by Crippen LogP contribution is 2.68. The zero-order valence-electron chi connectivity index (χ0n) is 17.1. The van der Waals surface area contributed by atoms with Crippen LogP contribution in [0.25, 0.3) is 0 Å². The molecule has 3 rings (SSSR count). The fraction of sp³-hybridized carbons (Fsp3) is 0.810. The summed E-state index contributed by atoms with van der Waals surface area (Å²) in [6.07, 6.45) is 8.42. The van der Waals surface area contributed by atoms with Gasteiger partial charge in [0.05, 0.1) is 16.8 Å². The Morgan fingerprint density at radius 3 is 2.35 bits per heavy atom. The van der Waals surface area contributed by atoms with E-state index in [4.69, 9.17) is 16.0 Å². The third kappa shape index (κ3) is 3.88. The van der Waals surface area contributed by atoms with E-state index in [-0.39, 0.29) is 6.10 Å². The maximum atomic E-state index is 6.86. The molecule has 0 spiro atoms. The average Bonchev–Trinajstić information content (AvgIpc) is 2.99. The lowest BCUT2D eigenvalue weighted by molar-refractivity contribution is 0.161. The van der Waals surface area contributed by atoms with Crippen LogP contribution >= 0.6 is 11.6 Å². The van der Waals surface area contributed by atoms with Gasteiger partial charge in [0, 0.05) is 6.20 Å². The number of aromatic nitrogens is 2. The summed E-state index contributed by atoms with van der Waals surface area (Å²) in [7, 11) is -1.71. The molecular weight excluding hydrogens is 360 g/mol. The van der Waals surface area contributed by atoms with E-state index >= 15 is 0 Å². The van der Waals surface area contributed by atoms with E-state index in [0.717, 1.165) is 48.0 Å². The first-order valence-electron chi connectivity index (χ1n) is 10.5. The molecule has 1 heterocycles. The van der Waals surface area contributed by atoms with E-state index in [1.54, 1.807) is 12.5 Å². The Morgan fingerprint density at radius 1 is 1.19 bits per heavy atom. The minimum Gasteiger partial charge on any atom is -0.408 e. The summed E-state index contributed by atoms with van der Waals surface area (Å²) < 4.78 is 6.86. The van der Waals surface area contributed by atoms with E-state index in [2.05, 4.69) is 44.6 Å². The standard InChI is InChI=1S/C21H35ClN2OSi/c1-6-26(7-2,8-3)25-19(20-18(22)13-23-14-24-20)10-9-15-11-16-17(12-15)21(16,4)5/h13-17,19H,6-12H2,1-5H3/t15?,16-,17+,19?. The topological polar surface area (TPSA) is 35.0 Å². The minimum atomic E-state index is -1.71. The molecule has 1 aromatic rings. The molecular formula is C21H35ClN2OSi. The number of nitrogens with zero attached hydrogens (tertiary/aromatic N) is 2. The van der Waals surface area contributed by atoms with Crippen LogP contribution in [0.5, 0.6) is 0 Å². The molecule has 0 amide bonds. The highest BCUT2D eigenvalue weighted by Gasteiger charge is 2.61. The molecule has 4 atom stereocenters. The van der Waals surface area contributed by atoms with Crippen LogP contribution in [0.2, 0.25) is 23.2 Å². The molecule has 146 valence electrons. The summed E-state index contributed by atoms with van der Waals surface area (Å²) >= 11 is 6.45. The molecule has 2 saturated carbocycles. The van der Waals surface area contributed by atoms with Gasteiger partial charge in [-0.05, 0) is 67.0 Å². The second-order valence-corrected chi connectivity index (χ2v) is 14.2. The lowest BCUT2D eigenvalue weighted by Crippen LogP contribution is -2.37. The van der Waals surface area contributed by atoms with Gasteiger partial charge in [0.2, 0.25) is 0 Å². The average molecular weight is 395 g/mol. The number of fused-ring (bicyclic) bond motifs is 1. The van der Waals surface area contributed by atoms with E-state index in [1.807, 2.05) is 0 Å². The van der Waals surface area contributed by atoms with Crippen molar-refractivity contribution in [3.8, 4) is 0 Å². The maximum absolute atomic E-state index is 6.86. The lowest BCUT2D eigenvalue weighted by Gasteiger charge is -2.34. The number of hydrogen-bond acceptors (Lipinski definition) is 3. The van der Waals surface area contributed by atoms with Gasteiger partial charge in [-0.3, -0.25) is 0 Å². The Hall–Kier alpha value is -0.453. The van der Waals surface area contributed by atoms with Gasteiger partial charge in [-0.2, -0.15) is 0 Å². The van der Waals surface area contributed by atoms with Gasteiger partial charge in [0.25, 0.3) is 0 Å². The van der Waals surface area contributed by atoms with Gasteiger partial charge < -0.3 is 4.43 Å². The summed E-state index contributed by atoms with van der Waals surface area (Å²) in [6, 6.07) is 3.46. The molecule has 2 aliphatic carbocycles. The molecule has 0 aliphatic heterocycles. The maximum Gasteiger partial charge on any atom is 0.192 e. The van der Waals surface area contributed by atoms with E-state index in [1.165, 1.54) is 19.3 Å². The fourth-order valence-corrected chi connectivity index (χ4v) is 8.40. The summed E-state index contributed by atoms with van der Waals surface area (Å²) in [5, 5.41) is 0.652. The van der Waals surface area contributed by atoms with Gasteiger partial charge in [0.15, 0.2) is 8.32 Å². The van der Waals surface area contributed by atoms with Gasteiger partial charge in [-0.15, -0.1) is 0 Å². The molecule has 0 saturated heterocycles. The summed E-state index contributed by atoms with van der Waals surface area (Å²) in [5.41, 5.74) is 1.51. The summed E-state index contributed by atoms with van der Waals surface area (Å²) in [4.78, 5) is 8.58. The van der Waals surface area contributed by atoms with Crippen molar-refractivity contribution in [2.45, 2.75) is 84.5 Å². The van der Waals surface area contributed by atoms with Crippen molar-refractivity contribution in [1.82, 2.24) is 9.97 Å². The molecule has 2 fully saturated rings. The second-order valence-electron chi connectivity index (χ2n) is 9.06. The van der Waals surface area contributed by atoms with E-state index in [9.17, 15) is 0 Å². The quantitative estimate of drug-likeness (QED) is 0.439. The minimum absolute atomic E-state index is 0.0296. The summed E-state index contributed by atoms with van der Waals surface area (Å²) in [5.74, 6) is 2.78. The predicted octanol–water partition coefficient (Wildman–Crippen LogP) is 6.66. The van der Waals surface area contributed by atoms with Gasteiger partial charge in [0.1, 0.15) is 6.33 Å². The highest BCUT2D eigenvalue weighted by atomic mass is 35.5. The number of hydrogen-bond donors (Lipinski definition) is 0. The molecule has 0 bridgehead atoms. The first-order chi connectivity index (χ1) is 12.4. The molecule has 0 radical (unpaired) electrons. The molecule has 26 heavy (non-hydrogen) atoms. The van der Waals surface area contributed by atoms with Crippen LogP contribution in [0.15, 0.2) is 12.5 Å². The van der Waals surface area contributed by atoms with Gasteiger partial charge in [-0.25, -0.2) is 9.97 Å². The Balaban J connectivity index is 1.69. The summed E-state index contributed by atoms with van der Waals surface area (Å²) in [6.45, 7) is 11.7. The lowest BCUT2D eigenvalue weighted by atomic mass is 9.89. The normalized spacial score (nSPS) is 28.0. The first kappa shape index (κ1) is 20.3. The third-order valence-electron chi connectivity index (χ3n) is 7.63. The van der Waals surface area contributed by atoms with Crippen molar-refractivity contribution in [3.63, 3.8) is 0 Å². The SMILES string of the molecule is CC[Si](CC)(CC)OC(CCC1C[C@@H]2[C@H](C1)C2(C)C)c1ncncc1Cl. The van der Waals surface area contributed by atoms with Crippen LogP contribution < -0.4 is 0 Å². The van der Waals surface area contributed by atoms with Crippen LogP contribution in [-0.4, -0.2) is 18.3 Å². The Morgan fingerprint density at radius 2 is 1.81 bits per heavy atom. The second kappa shape index (κ2) is 7.88. The highest BCUT2D eigenvalue weighted by molar-refractivity contribution is 6.73. The fourth-order valence-electron chi connectivity index (χ4n) is 5.34. The molecule has 1 aromatic heterocycles. The van der Waals surface area contributed by atoms with E-state index in [0.29, 0.717) is 10.4 Å². The zero-order valence-corrected chi connectivity index (χ0v) is 18.9. The van der Waals surface area contributed by atoms with Crippen LogP contribution in [0.4, 0.5) is 0 Å². The Bertz CT molecular complexity index is 598. The van der Waals surface area contributed by atoms with Crippen LogP contribution in [0.1, 0.15) is 72.1 Å². The zero-order chi connectivity index (χ0) is 18.9. The van der Waals surface area contributed by atoms with Crippen molar-refractivity contribution in [2.24, 2.45) is 23.2 Å².